The minimum atomic E-state index is 0.625. The molecule has 88 valence electrons. The maximum atomic E-state index is 5.22. The largest absolute Gasteiger partial charge is 0.496 e. The third-order valence-electron chi connectivity index (χ3n) is 3.37. The topological polar surface area (TPSA) is 21.3 Å². The van der Waals surface area contributed by atoms with Crippen LogP contribution in [0, 0.1) is 5.92 Å². The van der Waals surface area contributed by atoms with Gasteiger partial charge in [0.2, 0.25) is 0 Å². The molecule has 2 unspecified atom stereocenters. The predicted molar refractivity (Wildman–Crippen MR) is 71.1 cm³/mol. The Balaban J connectivity index is 2.07. The molecule has 2 atom stereocenters. The molecule has 0 bridgehead atoms. The number of nitrogens with one attached hydrogen (secondary N) is 1. The summed E-state index contributed by atoms with van der Waals surface area (Å²) < 4.78 is 6.22. The lowest BCUT2D eigenvalue weighted by Gasteiger charge is -2.19. The number of ether oxygens (including phenoxy) is 1. The second kappa shape index (κ2) is 5.09. The van der Waals surface area contributed by atoms with E-state index in [2.05, 4.69) is 40.3 Å². The number of rotatable bonds is 3. The minimum absolute atomic E-state index is 0.625. The highest BCUT2D eigenvalue weighted by atomic mass is 79.9. The van der Waals surface area contributed by atoms with Crippen LogP contribution in [0.3, 0.4) is 0 Å². The summed E-state index contributed by atoms with van der Waals surface area (Å²) in [6.45, 7) is 2.32. The number of benzene rings is 1. The molecule has 1 N–H and O–H groups in total. The quantitative estimate of drug-likeness (QED) is 0.903. The van der Waals surface area contributed by atoms with Gasteiger partial charge in [0.15, 0.2) is 0 Å². The van der Waals surface area contributed by atoms with Gasteiger partial charge in [-0.05, 0) is 52.9 Å². The smallest absolute Gasteiger partial charge is 0.133 e. The standard InChI is InChI=1S/C13H18BrNO/c1-9-4-3-5-12(9)15-10-6-7-13(16-2)11(14)8-10/h6-9,12,15H,3-5H2,1-2H3. The molecular weight excluding hydrogens is 266 g/mol. The Morgan fingerprint density at radius 1 is 1.38 bits per heavy atom. The summed E-state index contributed by atoms with van der Waals surface area (Å²) in [5.41, 5.74) is 1.17. The van der Waals surface area contributed by atoms with Gasteiger partial charge < -0.3 is 10.1 Å². The van der Waals surface area contributed by atoms with Crippen LogP contribution in [-0.4, -0.2) is 13.2 Å². The average molecular weight is 284 g/mol. The normalized spacial score (nSPS) is 24.4. The highest BCUT2D eigenvalue weighted by Gasteiger charge is 2.22. The first-order valence-electron chi connectivity index (χ1n) is 5.81. The summed E-state index contributed by atoms with van der Waals surface area (Å²) in [5.74, 6) is 1.66. The molecule has 0 radical (unpaired) electrons. The summed E-state index contributed by atoms with van der Waals surface area (Å²) >= 11 is 3.51. The highest BCUT2D eigenvalue weighted by molar-refractivity contribution is 9.10. The predicted octanol–water partition coefficient (Wildman–Crippen LogP) is 4.06. The minimum Gasteiger partial charge on any atom is -0.496 e. The zero-order chi connectivity index (χ0) is 11.5. The molecule has 1 aliphatic carbocycles. The van der Waals surface area contributed by atoms with E-state index < -0.39 is 0 Å². The third kappa shape index (κ3) is 2.51. The van der Waals surface area contributed by atoms with Crippen LogP contribution in [0.4, 0.5) is 5.69 Å². The van der Waals surface area contributed by atoms with Crippen molar-refractivity contribution in [1.29, 1.82) is 0 Å². The van der Waals surface area contributed by atoms with E-state index in [9.17, 15) is 0 Å². The number of anilines is 1. The van der Waals surface area contributed by atoms with Crippen molar-refractivity contribution in [2.75, 3.05) is 12.4 Å². The van der Waals surface area contributed by atoms with Gasteiger partial charge in [-0.1, -0.05) is 13.3 Å². The van der Waals surface area contributed by atoms with Crippen molar-refractivity contribution < 1.29 is 4.74 Å². The summed E-state index contributed by atoms with van der Waals surface area (Å²) in [5, 5.41) is 3.60. The monoisotopic (exact) mass is 283 g/mol. The van der Waals surface area contributed by atoms with Crippen molar-refractivity contribution in [2.24, 2.45) is 5.92 Å². The van der Waals surface area contributed by atoms with Gasteiger partial charge in [-0.25, -0.2) is 0 Å². The van der Waals surface area contributed by atoms with Crippen molar-refractivity contribution in [3.63, 3.8) is 0 Å². The van der Waals surface area contributed by atoms with Crippen LogP contribution in [0.5, 0.6) is 5.75 Å². The SMILES string of the molecule is COc1ccc(NC2CCCC2C)cc1Br. The van der Waals surface area contributed by atoms with Gasteiger partial charge in [0, 0.05) is 11.7 Å². The molecule has 16 heavy (non-hydrogen) atoms. The fraction of sp³-hybridized carbons (Fsp3) is 0.538. The van der Waals surface area contributed by atoms with E-state index >= 15 is 0 Å². The van der Waals surface area contributed by atoms with E-state index in [1.54, 1.807) is 7.11 Å². The Morgan fingerprint density at radius 3 is 2.75 bits per heavy atom. The van der Waals surface area contributed by atoms with E-state index in [1.165, 1.54) is 24.9 Å². The van der Waals surface area contributed by atoms with Crippen molar-refractivity contribution >= 4 is 21.6 Å². The van der Waals surface area contributed by atoms with Crippen molar-refractivity contribution in [1.82, 2.24) is 0 Å². The molecule has 1 aromatic carbocycles. The summed E-state index contributed by atoms with van der Waals surface area (Å²) in [4.78, 5) is 0. The molecule has 0 heterocycles. The van der Waals surface area contributed by atoms with Gasteiger partial charge in [-0.3, -0.25) is 0 Å². The Morgan fingerprint density at radius 2 is 2.19 bits per heavy atom. The molecule has 0 saturated heterocycles. The van der Waals surface area contributed by atoms with Gasteiger partial charge >= 0.3 is 0 Å². The molecule has 2 nitrogen and oxygen atoms in total. The van der Waals surface area contributed by atoms with Crippen molar-refractivity contribution in [2.45, 2.75) is 32.2 Å². The molecule has 0 spiro atoms. The first-order chi connectivity index (χ1) is 7.70. The number of hydrogen-bond donors (Lipinski definition) is 1. The fourth-order valence-corrected chi connectivity index (χ4v) is 2.87. The number of hydrogen-bond acceptors (Lipinski definition) is 2. The van der Waals surface area contributed by atoms with Crippen LogP contribution in [0.25, 0.3) is 0 Å². The molecule has 1 saturated carbocycles. The second-order valence-electron chi connectivity index (χ2n) is 4.51. The molecular formula is C13H18BrNO. The summed E-state index contributed by atoms with van der Waals surface area (Å²) in [6.07, 6.45) is 3.97. The Bertz CT molecular complexity index is 367. The van der Waals surface area contributed by atoms with Crippen LogP contribution in [0.15, 0.2) is 22.7 Å². The first kappa shape index (κ1) is 11.8. The van der Waals surface area contributed by atoms with Crippen molar-refractivity contribution in [3.05, 3.63) is 22.7 Å². The molecule has 2 rings (SSSR count). The lowest BCUT2D eigenvalue weighted by molar-refractivity contribution is 0.412. The van der Waals surface area contributed by atoms with Crippen LogP contribution < -0.4 is 10.1 Å². The Hall–Kier alpha value is -0.700. The fourth-order valence-electron chi connectivity index (χ4n) is 2.33. The lowest BCUT2D eigenvalue weighted by Crippen LogP contribution is -2.21. The van der Waals surface area contributed by atoms with Crippen molar-refractivity contribution in [3.8, 4) is 5.75 Å². The van der Waals surface area contributed by atoms with Gasteiger partial charge in [-0.15, -0.1) is 0 Å². The van der Waals surface area contributed by atoms with Crippen LogP contribution in [0.1, 0.15) is 26.2 Å². The molecule has 0 aliphatic heterocycles. The maximum absolute atomic E-state index is 5.22. The van der Waals surface area contributed by atoms with E-state index in [0.717, 1.165) is 16.1 Å². The van der Waals surface area contributed by atoms with Crippen LogP contribution in [0.2, 0.25) is 0 Å². The summed E-state index contributed by atoms with van der Waals surface area (Å²) in [7, 11) is 1.69. The Kier molecular flexibility index (Phi) is 3.74. The first-order valence-corrected chi connectivity index (χ1v) is 6.60. The molecule has 1 aromatic rings. The average Bonchev–Trinajstić information content (AvgIpc) is 2.65. The van der Waals surface area contributed by atoms with Gasteiger partial charge in [0.05, 0.1) is 11.6 Å². The zero-order valence-corrected chi connectivity index (χ0v) is 11.4. The van der Waals surface area contributed by atoms with E-state index in [0.29, 0.717) is 6.04 Å². The zero-order valence-electron chi connectivity index (χ0n) is 9.79. The van der Waals surface area contributed by atoms with Gasteiger partial charge in [-0.2, -0.15) is 0 Å². The molecule has 1 aliphatic rings. The lowest BCUT2D eigenvalue weighted by atomic mass is 10.1. The van der Waals surface area contributed by atoms with E-state index in [4.69, 9.17) is 4.74 Å². The second-order valence-corrected chi connectivity index (χ2v) is 5.36. The summed E-state index contributed by atoms with van der Waals surface area (Å²) in [6, 6.07) is 6.78. The highest BCUT2D eigenvalue weighted by Crippen LogP contribution is 2.31. The van der Waals surface area contributed by atoms with Gasteiger partial charge in [0.1, 0.15) is 5.75 Å². The molecule has 1 fully saturated rings. The number of methoxy groups -OCH3 is 1. The molecule has 0 aromatic heterocycles. The van der Waals surface area contributed by atoms with Crippen LogP contribution in [-0.2, 0) is 0 Å². The Labute approximate surface area is 106 Å². The molecule has 3 heteroatoms. The van der Waals surface area contributed by atoms with Gasteiger partial charge in [0.25, 0.3) is 0 Å². The maximum Gasteiger partial charge on any atom is 0.133 e. The molecule has 0 amide bonds. The van der Waals surface area contributed by atoms with E-state index in [1.807, 2.05) is 6.07 Å². The third-order valence-corrected chi connectivity index (χ3v) is 3.99. The number of halogens is 1. The van der Waals surface area contributed by atoms with E-state index in [-0.39, 0.29) is 0 Å². The van der Waals surface area contributed by atoms with Crippen LogP contribution >= 0.6 is 15.9 Å².